The largest absolute Gasteiger partial charge is 0.329 e. The molecule has 1 fully saturated rings. The normalized spacial score (nSPS) is 16.2. The molecule has 0 bridgehead atoms. The number of amides is 3. The minimum Gasteiger partial charge on any atom is -0.303 e. The third-order valence-electron chi connectivity index (χ3n) is 3.01. The van der Waals surface area contributed by atoms with Crippen LogP contribution in [0.3, 0.4) is 0 Å². The first-order valence-corrected chi connectivity index (χ1v) is 6.14. The molecule has 0 saturated carbocycles. The van der Waals surface area contributed by atoms with Gasteiger partial charge < -0.3 is 5.32 Å². The zero-order valence-electron chi connectivity index (χ0n) is 11.3. The summed E-state index contributed by atoms with van der Waals surface area (Å²) in [5.74, 6) is -0.483. The van der Waals surface area contributed by atoms with Gasteiger partial charge in [0, 0.05) is 18.2 Å². The predicted molar refractivity (Wildman–Crippen MR) is 76.3 cm³/mol. The maximum Gasteiger partial charge on any atom is 0.329 e. The summed E-state index contributed by atoms with van der Waals surface area (Å²) in [4.78, 5) is 35.0. The SMILES string of the molecule is C=CCN1C(=O)N/C(=C/c2ccc(C)c([N+](=O)[O-])c2)C1=O. The number of aryl methyl sites for hydroxylation is 1. The highest BCUT2D eigenvalue weighted by atomic mass is 16.6. The van der Waals surface area contributed by atoms with E-state index in [-0.39, 0.29) is 17.9 Å². The summed E-state index contributed by atoms with van der Waals surface area (Å²) >= 11 is 0. The Hall–Kier alpha value is -2.96. The first kappa shape index (κ1) is 14.4. The van der Waals surface area contributed by atoms with E-state index in [1.165, 1.54) is 18.2 Å². The Kier molecular flexibility index (Phi) is 3.84. The summed E-state index contributed by atoms with van der Waals surface area (Å²) in [6, 6.07) is 4.06. The average molecular weight is 287 g/mol. The van der Waals surface area contributed by atoms with Crippen LogP contribution in [0.2, 0.25) is 0 Å². The maximum absolute atomic E-state index is 12.0. The topological polar surface area (TPSA) is 92.6 Å². The molecule has 1 saturated heterocycles. The molecule has 1 aliphatic rings. The number of nitro benzene ring substituents is 1. The minimum atomic E-state index is -0.534. The van der Waals surface area contributed by atoms with Gasteiger partial charge in [-0.15, -0.1) is 6.58 Å². The van der Waals surface area contributed by atoms with Gasteiger partial charge in [0.1, 0.15) is 5.70 Å². The van der Waals surface area contributed by atoms with Crippen LogP contribution < -0.4 is 5.32 Å². The summed E-state index contributed by atoms with van der Waals surface area (Å²) in [6.45, 7) is 5.21. The molecule has 21 heavy (non-hydrogen) atoms. The smallest absolute Gasteiger partial charge is 0.303 e. The van der Waals surface area contributed by atoms with Crippen LogP contribution in [-0.2, 0) is 4.79 Å². The lowest BCUT2D eigenvalue weighted by molar-refractivity contribution is -0.385. The van der Waals surface area contributed by atoms with Gasteiger partial charge >= 0.3 is 6.03 Å². The maximum atomic E-state index is 12.0. The van der Waals surface area contributed by atoms with Crippen molar-refractivity contribution in [2.45, 2.75) is 6.92 Å². The van der Waals surface area contributed by atoms with Gasteiger partial charge in [0.25, 0.3) is 11.6 Å². The van der Waals surface area contributed by atoms with Crippen molar-refractivity contribution >= 4 is 23.7 Å². The molecule has 1 heterocycles. The van der Waals surface area contributed by atoms with E-state index in [1.807, 2.05) is 0 Å². The highest BCUT2D eigenvalue weighted by Gasteiger charge is 2.32. The Bertz CT molecular complexity index is 679. The van der Waals surface area contributed by atoms with Crippen molar-refractivity contribution in [1.82, 2.24) is 10.2 Å². The number of nitro groups is 1. The second kappa shape index (κ2) is 5.58. The monoisotopic (exact) mass is 287 g/mol. The van der Waals surface area contributed by atoms with Crippen LogP contribution in [0.1, 0.15) is 11.1 Å². The number of rotatable bonds is 4. The number of hydrogen-bond acceptors (Lipinski definition) is 4. The number of nitrogens with one attached hydrogen (secondary N) is 1. The van der Waals surface area contributed by atoms with Crippen LogP contribution in [-0.4, -0.2) is 28.3 Å². The fraction of sp³-hybridized carbons (Fsp3) is 0.143. The van der Waals surface area contributed by atoms with Gasteiger partial charge in [-0.25, -0.2) is 4.79 Å². The van der Waals surface area contributed by atoms with Crippen molar-refractivity contribution < 1.29 is 14.5 Å². The van der Waals surface area contributed by atoms with E-state index >= 15 is 0 Å². The average Bonchev–Trinajstić information content (AvgIpc) is 2.69. The third-order valence-corrected chi connectivity index (χ3v) is 3.01. The van der Waals surface area contributed by atoms with Gasteiger partial charge in [0.05, 0.1) is 4.92 Å². The Labute approximate surface area is 120 Å². The van der Waals surface area contributed by atoms with E-state index < -0.39 is 16.9 Å². The van der Waals surface area contributed by atoms with Crippen LogP contribution in [0.4, 0.5) is 10.5 Å². The van der Waals surface area contributed by atoms with Gasteiger partial charge in [0.15, 0.2) is 0 Å². The lowest BCUT2D eigenvalue weighted by Gasteiger charge is -2.06. The van der Waals surface area contributed by atoms with E-state index in [2.05, 4.69) is 11.9 Å². The minimum absolute atomic E-state index is 0.0379. The molecule has 1 aliphatic heterocycles. The number of carbonyl (C=O) groups excluding carboxylic acids is 2. The molecule has 7 heteroatoms. The van der Waals surface area contributed by atoms with Crippen LogP contribution >= 0.6 is 0 Å². The number of hydrogen-bond donors (Lipinski definition) is 1. The quantitative estimate of drug-likeness (QED) is 0.301. The van der Waals surface area contributed by atoms with Crippen LogP contribution in [0.5, 0.6) is 0 Å². The Morgan fingerprint density at radius 2 is 2.14 bits per heavy atom. The van der Waals surface area contributed by atoms with Gasteiger partial charge in [0.2, 0.25) is 0 Å². The van der Waals surface area contributed by atoms with E-state index in [0.717, 1.165) is 4.90 Å². The van der Waals surface area contributed by atoms with E-state index in [4.69, 9.17) is 0 Å². The van der Waals surface area contributed by atoms with Gasteiger partial charge in [-0.1, -0.05) is 18.2 Å². The first-order valence-electron chi connectivity index (χ1n) is 6.14. The lowest BCUT2D eigenvalue weighted by atomic mass is 10.1. The van der Waals surface area contributed by atoms with E-state index in [9.17, 15) is 19.7 Å². The van der Waals surface area contributed by atoms with Crippen molar-refractivity contribution in [1.29, 1.82) is 0 Å². The molecule has 0 radical (unpaired) electrons. The first-order chi connectivity index (χ1) is 9.93. The second-order valence-electron chi connectivity index (χ2n) is 4.50. The van der Waals surface area contributed by atoms with Crippen molar-refractivity contribution in [2.24, 2.45) is 0 Å². The highest BCUT2D eigenvalue weighted by molar-refractivity contribution is 6.14. The summed E-state index contributed by atoms with van der Waals surface area (Å²) in [7, 11) is 0. The van der Waals surface area contributed by atoms with Crippen LogP contribution in [0, 0.1) is 17.0 Å². The van der Waals surface area contributed by atoms with Crippen molar-refractivity contribution in [3.63, 3.8) is 0 Å². The molecular weight excluding hydrogens is 274 g/mol. The van der Waals surface area contributed by atoms with Crippen LogP contribution in [0.15, 0.2) is 36.6 Å². The molecule has 1 N–H and O–H groups in total. The van der Waals surface area contributed by atoms with Gasteiger partial charge in [-0.05, 0) is 18.6 Å². The Balaban J connectivity index is 2.35. The summed E-state index contributed by atoms with van der Waals surface area (Å²) in [5, 5.41) is 13.3. The molecule has 7 nitrogen and oxygen atoms in total. The molecule has 108 valence electrons. The molecule has 0 aromatic heterocycles. The number of benzene rings is 1. The second-order valence-corrected chi connectivity index (χ2v) is 4.50. The molecule has 0 aliphatic carbocycles. The molecule has 1 aromatic rings. The van der Waals surface area contributed by atoms with Crippen LogP contribution in [0.25, 0.3) is 6.08 Å². The lowest BCUT2D eigenvalue weighted by Crippen LogP contribution is -2.30. The van der Waals surface area contributed by atoms with Crippen molar-refractivity contribution in [3.8, 4) is 0 Å². The Morgan fingerprint density at radius 3 is 2.76 bits per heavy atom. The highest BCUT2D eigenvalue weighted by Crippen LogP contribution is 2.21. The molecule has 0 unspecified atom stereocenters. The van der Waals surface area contributed by atoms with Gasteiger partial charge in [-0.2, -0.15) is 0 Å². The molecule has 2 rings (SSSR count). The molecule has 0 spiro atoms. The molecule has 1 aromatic carbocycles. The zero-order valence-corrected chi connectivity index (χ0v) is 11.3. The molecular formula is C14H13N3O4. The fourth-order valence-corrected chi connectivity index (χ4v) is 1.95. The number of imide groups is 1. The fourth-order valence-electron chi connectivity index (χ4n) is 1.95. The standard InChI is InChI=1S/C14H13N3O4/c1-3-6-16-13(18)11(15-14(16)19)7-10-5-4-9(2)12(8-10)17(20)21/h3-5,7-8H,1,6H2,2H3,(H,15,19)/b11-7+. The van der Waals surface area contributed by atoms with Crippen molar-refractivity contribution in [3.05, 3.63) is 57.8 Å². The third kappa shape index (κ3) is 2.81. The Morgan fingerprint density at radius 1 is 1.43 bits per heavy atom. The molecule has 0 atom stereocenters. The summed E-state index contributed by atoms with van der Waals surface area (Å²) in [6.07, 6.45) is 2.85. The van der Waals surface area contributed by atoms with E-state index in [1.54, 1.807) is 19.1 Å². The predicted octanol–water partition coefficient (Wildman–Crippen LogP) is 1.98. The van der Waals surface area contributed by atoms with Crippen molar-refractivity contribution in [2.75, 3.05) is 6.54 Å². The number of carbonyl (C=O) groups is 2. The summed E-state index contributed by atoms with van der Waals surface area (Å²) in [5.41, 5.74) is 1.04. The van der Waals surface area contributed by atoms with E-state index in [0.29, 0.717) is 11.1 Å². The number of urea groups is 1. The number of nitrogens with zero attached hydrogens (tertiary/aromatic N) is 2. The summed E-state index contributed by atoms with van der Waals surface area (Å²) < 4.78 is 0. The zero-order chi connectivity index (χ0) is 15.6. The molecule has 3 amide bonds. The van der Waals surface area contributed by atoms with Gasteiger partial charge in [-0.3, -0.25) is 19.8 Å².